The van der Waals surface area contributed by atoms with Gasteiger partial charge in [-0.3, -0.25) is 4.90 Å². The summed E-state index contributed by atoms with van der Waals surface area (Å²) in [4.78, 5) is 2.61. The van der Waals surface area contributed by atoms with Gasteiger partial charge in [0.15, 0.2) is 0 Å². The second-order valence-electron chi connectivity index (χ2n) is 5.41. The standard InChI is InChI=1S/C14H22N2O/c1-11-6-9-17-14(11)10-16-8-3-5-13(16)12-4-2-7-15-12/h6,9,12-13,15H,2-5,7-8,10H2,1H3. The first-order valence-corrected chi connectivity index (χ1v) is 6.85. The number of rotatable bonds is 3. The van der Waals surface area contributed by atoms with Crippen LogP contribution in [0.15, 0.2) is 16.7 Å². The molecule has 3 rings (SSSR count). The third kappa shape index (κ3) is 2.26. The van der Waals surface area contributed by atoms with Crippen molar-refractivity contribution in [3.05, 3.63) is 23.7 Å². The molecule has 94 valence electrons. The third-order valence-electron chi connectivity index (χ3n) is 4.29. The van der Waals surface area contributed by atoms with Crippen LogP contribution in [0.4, 0.5) is 0 Å². The van der Waals surface area contributed by atoms with Gasteiger partial charge in [-0.2, -0.15) is 0 Å². The summed E-state index contributed by atoms with van der Waals surface area (Å²) in [6, 6.07) is 3.50. The van der Waals surface area contributed by atoms with Gasteiger partial charge >= 0.3 is 0 Å². The average molecular weight is 234 g/mol. The minimum atomic E-state index is 0.716. The van der Waals surface area contributed by atoms with Gasteiger partial charge in [-0.05, 0) is 57.3 Å². The number of nitrogens with zero attached hydrogens (tertiary/aromatic N) is 1. The topological polar surface area (TPSA) is 28.4 Å². The van der Waals surface area contributed by atoms with Crippen LogP contribution < -0.4 is 5.32 Å². The van der Waals surface area contributed by atoms with E-state index >= 15 is 0 Å². The molecule has 2 saturated heterocycles. The Labute approximate surface area is 103 Å². The summed E-state index contributed by atoms with van der Waals surface area (Å²) in [6.07, 6.45) is 7.18. The van der Waals surface area contributed by atoms with Crippen LogP contribution in [0.1, 0.15) is 37.0 Å². The molecule has 2 unspecified atom stereocenters. The zero-order chi connectivity index (χ0) is 11.7. The Balaban J connectivity index is 1.67. The van der Waals surface area contributed by atoms with E-state index in [1.54, 1.807) is 0 Å². The quantitative estimate of drug-likeness (QED) is 0.870. The second-order valence-corrected chi connectivity index (χ2v) is 5.41. The molecule has 0 bridgehead atoms. The lowest BCUT2D eigenvalue weighted by Crippen LogP contribution is -2.43. The van der Waals surface area contributed by atoms with Gasteiger partial charge < -0.3 is 9.73 Å². The molecule has 17 heavy (non-hydrogen) atoms. The van der Waals surface area contributed by atoms with E-state index in [4.69, 9.17) is 4.42 Å². The van der Waals surface area contributed by atoms with Gasteiger partial charge in [0, 0.05) is 12.1 Å². The molecule has 0 aromatic carbocycles. The molecule has 3 heterocycles. The molecule has 2 aliphatic rings. The van der Waals surface area contributed by atoms with Crippen LogP contribution in [-0.2, 0) is 6.54 Å². The van der Waals surface area contributed by atoms with E-state index in [-0.39, 0.29) is 0 Å². The van der Waals surface area contributed by atoms with E-state index in [1.165, 1.54) is 44.3 Å². The maximum absolute atomic E-state index is 5.58. The van der Waals surface area contributed by atoms with Crippen molar-refractivity contribution in [3.63, 3.8) is 0 Å². The molecule has 1 aromatic heterocycles. The zero-order valence-corrected chi connectivity index (χ0v) is 10.6. The lowest BCUT2D eigenvalue weighted by molar-refractivity contribution is 0.192. The molecule has 0 saturated carbocycles. The van der Waals surface area contributed by atoms with Crippen molar-refractivity contribution in [1.82, 2.24) is 10.2 Å². The highest BCUT2D eigenvalue weighted by atomic mass is 16.3. The van der Waals surface area contributed by atoms with Gasteiger partial charge in [0.25, 0.3) is 0 Å². The van der Waals surface area contributed by atoms with Gasteiger partial charge in [-0.15, -0.1) is 0 Å². The number of furan rings is 1. The second kappa shape index (κ2) is 4.83. The summed E-state index contributed by atoms with van der Waals surface area (Å²) >= 11 is 0. The Bertz CT molecular complexity index is 368. The van der Waals surface area contributed by atoms with Gasteiger partial charge in [-0.1, -0.05) is 0 Å². The molecule has 0 spiro atoms. The summed E-state index contributed by atoms with van der Waals surface area (Å²) in [5.74, 6) is 1.15. The van der Waals surface area contributed by atoms with Gasteiger partial charge in [0.1, 0.15) is 5.76 Å². The molecule has 3 nitrogen and oxygen atoms in total. The molecule has 1 aromatic rings. The van der Waals surface area contributed by atoms with Crippen LogP contribution >= 0.6 is 0 Å². The molecule has 2 aliphatic heterocycles. The van der Waals surface area contributed by atoms with E-state index in [0.717, 1.165) is 18.3 Å². The van der Waals surface area contributed by atoms with Crippen LogP contribution in [0, 0.1) is 6.92 Å². The summed E-state index contributed by atoms with van der Waals surface area (Å²) < 4.78 is 5.58. The summed E-state index contributed by atoms with van der Waals surface area (Å²) in [6.45, 7) is 5.55. The number of hydrogen-bond acceptors (Lipinski definition) is 3. The van der Waals surface area contributed by atoms with Crippen molar-refractivity contribution in [1.29, 1.82) is 0 Å². The first kappa shape index (κ1) is 11.3. The first-order chi connectivity index (χ1) is 8.34. The Kier molecular flexibility index (Phi) is 3.21. The van der Waals surface area contributed by atoms with Crippen molar-refractivity contribution >= 4 is 0 Å². The highest BCUT2D eigenvalue weighted by Gasteiger charge is 2.33. The van der Waals surface area contributed by atoms with Gasteiger partial charge in [-0.25, -0.2) is 0 Å². The minimum Gasteiger partial charge on any atom is -0.468 e. The Morgan fingerprint density at radius 3 is 3.06 bits per heavy atom. The van der Waals surface area contributed by atoms with Crippen LogP contribution in [-0.4, -0.2) is 30.1 Å². The van der Waals surface area contributed by atoms with Crippen molar-refractivity contribution in [2.75, 3.05) is 13.1 Å². The largest absolute Gasteiger partial charge is 0.468 e. The van der Waals surface area contributed by atoms with Crippen molar-refractivity contribution < 1.29 is 4.42 Å². The average Bonchev–Trinajstić information content (AvgIpc) is 3.02. The molecule has 0 aliphatic carbocycles. The predicted octanol–water partition coefficient (Wildman–Crippen LogP) is 2.30. The lowest BCUT2D eigenvalue weighted by Gasteiger charge is -2.28. The SMILES string of the molecule is Cc1ccoc1CN1CCCC1C1CCCN1. The maximum Gasteiger partial charge on any atom is 0.120 e. The van der Waals surface area contributed by atoms with Crippen molar-refractivity contribution in [2.45, 2.75) is 51.2 Å². The highest BCUT2D eigenvalue weighted by molar-refractivity contribution is 5.14. The Morgan fingerprint density at radius 2 is 2.35 bits per heavy atom. The number of nitrogens with one attached hydrogen (secondary N) is 1. The van der Waals surface area contributed by atoms with E-state index in [9.17, 15) is 0 Å². The van der Waals surface area contributed by atoms with E-state index in [2.05, 4.69) is 23.2 Å². The zero-order valence-electron chi connectivity index (χ0n) is 10.6. The van der Waals surface area contributed by atoms with Crippen molar-refractivity contribution in [3.8, 4) is 0 Å². The van der Waals surface area contributed by atoms with Crippen LogP contribution in [0.5, 0.6) is 0 Å². The Morgan fingerprint density at radius 1 is 1.41 bits per heavy atom. The van der Waals surface area contributed by atoms with Crippen LogP contribution in [0.2, 0.25) is 0 Å². The lowest BCUT2D eigenvalue weighted by atomic mass is 10.0. The minimum absolute atomic E-state index is 0.716. The van der Waals surface area contributed by atoms with E-state index in [0.29, 0.717) is 6.04 Å². The number of hydrogen-bond donors (Lipinski definition) is 1. The first-order valence-electron chi connectivity index (χ1n) is 6.85. The van der Waals surface area contributed by atoms with Gasteiger partial charge in [0.05, 0.1) is 12.8 Å². The summed E-state index contributed by atoms with van der Waals surface area (Å²) in [5, 5.41) is 3.65. The predicted molar refractivity (Wildman–Crippen MR) is 67.9 cm³/mol. The van der Waals surface area contributed by atoms with Crippen molar-refractivity contribution in [2.24, 2.45) is 0 Å². The smallest absolute Gasteiger partial charge is 0.120 e. The highest BCUT2D eigenvalue weighted by Crippen LogP contribution is 2.27. The number of aryl methyl sites for hydroxylation is 1. The molecule has 3 heteroatoms. The molecular formula is C14H22N2O. The molecular weight excluding hydrogens is 212 g/mol. The summed E-state index contributed by atoms with van der Waals surface area (Å²) in [7, 11) is 0. The number of likely N-dealkylation sites (tertiary alicyclic amines) is 1. The fourth-order valence-corrected chi connectivity index (χ4v) is 3.29. The van der Waals surface area contributed by atoms with Crippen LogP contribution in [0.25, 0.3) is 0 Å². The normalized spacial score (nSPS) is 30.2. The third-order valence-corrected chi connectivity index (χ3v) is 4.29. The monoisotopic (exact) mass is 234 g/mol. The maximum atomic E-state index is 5.58. The molecule has 0 amide bonds. The molecule has 2 atom stereocenters. The fourth-order valence-electron chi connectivity index (χ4n) is 3.29. The summed E-state index contributed by atoms with van der Waals surface area (Å²) in [5.41, 5.74) is 1.29. The molecule has 2 fully saturated rings. The molecule has 1 N–H and O–H groups in total. The fraction of sp³-hybridized carbons (Fsp3) is 0.714. The van der Waals surface area contributed by atoms with E-state index in [1.807, 2.05) is 6.26 Å². The van der Waals surface area contributed by atoms with E-state index < -0.39 is 0 Å². The van der Waals surface area contributed by atoms with Crippen LogP contribution in [0.3, 0.4) is 0 Å². The molecule has 0 radical (unpaired) electrons. The van der Waals surface area contributed by atoms with Gasteiger partial charge in [0.2, 0.25) is 0 Å². The Hall–Kier alpha value is -0.800.